The van der Waals surface area contributed by atoms with Gasteiger partial charge in [0, 0.05) is 24.5 Å². The van der Waals surface area contributed by atoms with Gasteiger partial charge in [-0.15, -0.1) is 0 Å². The van der Waals surface area contributed by atoms with Gasteiger partial charge in [-0.25, -0.2) is 4.79 Å². The van der Waals surface area contributed by atoms with Gasteiger partial charge >= 0.3 is 5.69 Å². The van der Waals surface area contributed by atoms with Crippen molar-refractivity contribution in [1.82, 2.24) is 19.4 Å². The lowest BCUT2D eigenvalue weighted by Gasteiger charge is -2.29. The molecule has 6 heteroatoms. The average molecular weight is 469 g/mol. The van der Waals surface area contributed by atoms with Crippen molar-refractivity contribution >= 4 is 16.9 Å². The summed E-state index contributed by atoms with van der Waals surface area (Å²) >= 11 is 0. The van der Waals surface area contributed by atoms with Crippen LogP contribution >= 0.6 is 0 Å². The van der Waals surface area contributed by atoms with Crippen LogP contribution in [0.4, 0.5) is 0 Å². The van der Waals surface area contributed by atoms with E-state index in [0.717, 1.165) is 53.5 Å². The van der Waals surface area contributed by atoms with Crippen molar-refractivity contribution in [2.75, 3.05) is 0 Å². The molecular formula is C29H32N4O2. The lowest BCUT2D eigenvalue weighted by atomic mass is 9.85. The summed E-state index contributed by atoms with van der Waals surface area (Å²) in [6, 6.07) is 20.3. The minimum atomic E-state index is -0.0395. The first-order chi connectivity index (χ1) is 17.0. The van der Waals surface area contributed by atoms with E-state index in [9.17, 15) is 9.59 Å². The van der Waals surface area contributed by atoms with Gasteiger partial charge in [-0.1, -0.05) is 42.5 Å². The maximum absolute atomic E-state index is 13.5. The predicted octanol–water partition coefficient (Wildman–Crippen LogP) is 4.85. The molecule has 0 bridgehead atoms. The van der Waals surface area contributed by atoms with Gasteiger partial charge in [-0.3, -0.25) is 18.9 Å². The normalized spacial score (nSPS) is 18.0. The summed E-state index contributed by atoms with van der Waals surface area (Å²) in [5.74, 6) is 0.376. The van der Waals surface area contributed by atoms with Gasteiger partial charge in [0.25, 0.3) is 5.91 Å². The van der Waals surface area contributed by atoms with Crippen molar-refractivity contribution in [2.24, 2.45) is 5.92 Å². The summed E-state index contributed by atoms with van der Waals surface area (Å²) in [7, 11) is 0. The second kappa shape index (κ2) is 9.90. The number of amides is 1. The Morgan fingerprint density at radius 3 is 2.31 bits per heavy atom. The lowest BCUT2D eigenvalue weighted by Crippen LogP contribution is -2.39. The van der Waals surface area contributed by atoms with Gasteiger partial charge < -0.3 is 5.32 Å². The first kappa shape index (κ1) is 23.1. The van der Waals surface area contributed by atoms with E-state index < -0.39 is 0 Å². The number of rotatable bonds is 6. The topological polar surface area (TPSA) is 68.9 Å². The molecule has 1 aliphatic rings. The number of hydrogen-bond acceptors (Lipinski definition) is 3. The molecule has 0 atom stereocenters. The van der Waals surface area contributed by atoms with Gasteiger partial charge in [0.2, 0.25) is 0 Å². The summed E-state index contributed by atoms with van der Waals surface area (Å²) in [5.41, 5.74) is 5.54. The fourth-order valence-electron chi connectivity index (χ4n) is 5.25. The molecule has 0 unspecified atom stereocenters. The van der Waals surface area contributed by atoms with Crippen LogP contribution in [-0.4, -0.2) is 26.1 Å². The van der Waals surface area contributed by atoms with Crippen molar-refractivity contribution < 1.29 is 4.79 Å². The van der Waals surface area contributed by atoms with Crippen molar-refractivity contribution in [3.8, 4) is 0 Å². The van der Waals surface area contributed by atoms with Crippen LogP contribution < -0.4 is 11.0 Å². The number of imidazole rings is 1. The zero-order chi connectivity index (χ0) is 24.4. The molecule has 2 aromatic heterocycles. The Morgan fingerprint density at radius 1 is 0.943 bits per heavy atom. The van der Waals surface area contributed by atoms with E-state index in [4.69, 9.17) is 0 Å². The van der Waals surface area contributed by atoms with E-state index in [1.165, 1.54) is 0 Å². The Hall–Kier alpha value is -3.67. The fraction of sp³-hybridized carbons (Fsp3) is 0.345. The maximum Gasteiger partial charge on any atom is 0.329 e. The minimum absolute atomic E-state index is 0.0395. The number of nitrogens with zero attached hydrogens (tertiary/aromatic N) is 3. The predicted molar refractivity (Wildman–Crippen MR) is 139 cm³/mol. The Morgan fingerprint density at radius 2 is 1.60 bits per heavy atom. The smallest absolute Gasteiger partial charge is 0.329 e. The summed E-state index contributed by atoms with van der Waals surface area (Å²) in [6.45, 7) is 5.10. The highest BCUT2D eigenvalue weighted by Gasteiger charge is 2.25. The molecule has 1 aliphatic carbocycles. The Kier molecular flexibility index (Phi) is 6.53. The van der Waals surface area contributed by atoms with Crippen LogP contribution in [0.3, 0.4) is 0 Å². The van der Waals surface area contributed by atoms with Crippen LogP contribution in [-0.2, 0) is 13.1 Å². The van der Waals surface area contributed by atoms with E-state index in [0.29, 0.717) is 24.6 Å². The molecule has 1 N–H and O–H groups in total. The molecular weight excluding hydrogens is 436 g/mol. The number of aryl methyl sites for hydroxylation is 2. The monoisotopic (exact) mass is 468 g/mol. The number of hydrogen-bond donors (Lipinski definition) is 1. The largest absolute Gasteiger partial charge is 0.349 e. The summed E-state index contributed by atoms with van der Waals surface area (Å²) in [6.07, 6.45) is 5.61. The summed E-state index contributed by atoms with van der Waals surface area (Å²) in [4.78, 5) is 30.6. The van der Waals surface area contributed by atoms with Crippen LogP contribution in [0.1, 0.15) is 52.9 Å². The second-order valence-electron chi connectivity index (χ2n) is 9.79. The number of fused-ring (bicyclic) bond motifs is 1. The molecule has 1 amide bonds. The maximum atomic E-state index is 13.5. The van der Waals surface area contributed by atoms with Gasteiger partial charge in [-0.05, 0) is 74.8 Å². The third-order valence-electron chi connectivity index (χ3n) is 7.20. The fourth-order valence-corrected chi connectivity index (χ4v) is 5.25. The summed E-state index contributed by atoms with van der Waals surface area (Å²) < 4.78 is 3.83. The number of para-hydroxylation sites is 2. The zero-order valence-electron chi connectivity index (χ0n) is 20.4. The number of aromatic nitrogens is 3. The van der Waals surface area contributed by atoms with Crippen molar-refractivity contribution in [2.45, 2.75) is 58.7 Å². The van der Waals surface area contributed by atoms with E-state index in [1.807, 2.05) is 71.5 Å². The number of carbonyl (C=O) groups is 1. The van der Waals surface area contributed by atoms with Crippen LogP contribution in [0.2, 0.25) is 0 Å². The van der Waals surface area contributed by atoms with Gasteiger partial charge in [0.1, 0.15) is 0 Å². The Bertz CT molecular complexity index is 1400. The Labute approximate surface area is 205 Å². The molecule has 180 valence electrons. The van der Waals surface area contributed by atoms with Crippen molar-refractivity contribution in [1.29, 1.82) is 0 Å². The molecule has 5 rings (SSSR count). The second-order valence-corrected chi connectivity index (χ2v) is 9.79. The van der Waals surface area contributed by atoms with Gasteiger partial charge in [0.05, 0.1) is 23.1 Å². The quantitative estimate of drug-likeness (QED) is 0.440. The Balaban J connectivity index is 1.27. The number of pyridine rings is 1. The van der Waals surface area contributed by atoms with Gasteiger partial charge in [0.15, 0.2) is 0 Å². The molecule has 0 spiro atoms. The summed E-state index contributed by atoms with van der Waals surface area (Å²) in [5, 5.41) is 3.21. The van der Waals surface area contributed by atoms with E-state index in [-0.39, 0.29) is 17.6 Å². The SMILES string of the molecule is Cc1cnc(C)c(C(=O)N[C@H]2CC[C@H](Cn3c(=O)n(Cc4ccccc4)c4ccccc43)CC2)c1. The van der Waals surface area contributed by atoms with E-state index >= 15 is 0 Å². The molecule has 35 heavy (non-hydrogen) atoms. The third kappa shape index (κ3) is 4.92. The number of nitrogens with one attached hydrogen (secondary N) is 1. The molecule has 1 fully saturated rings. The molecule has 4 aromatic rings. The molecule has 2 heterocycles. The molecule has 1 saturated carbocycles. The van der Waals surface area contributed by atoms with Crippen LogP contribution in [0.15, 0.2) is 71.7 Å². The highest BCUT2D eigenvalue weighted by molar-refractivity contribution is 5.95. The van der Waals surface area contributed by atoms with Crippen molar-refractivity contribution in [3.05, 3.63) is 99.7 Å². The number of carbonyl (C=O) groups excluding carboxylic acids is 1. The molecule has 6 nitrogen and oxygen atoms in total. The average Bonchev–Trinajstić information content (AvgIpc) is 3.13. The first-order valence-electron chi connectivity index (χ1n) is 12.5. The minimum Gasteiger partial charge on any atom is -0.349 e. The molecule has 0 aliphatic heterocycles. The van der Waals surface area contributed by atoms with E-state index in [2.05, 4.69) is 22.4 Å². The van der Waals surface area contributed by atoms with Gasteiger partial charge in [-0.2, -0.15) is 0 Å². The van der Waals surface area contributed by atoms with Crippen molar-refractivity contribution in [3.63, 3.8) is 0 Å². The first-order valence-corrected chi connectivity index (χ1v) is 12.5. The standard InChI is InChI=1S/C29H32N4O2/c1-20-16-25(21(2)30-17-20)28(34)31-24-14-12-23(13-15-24)19-33-27-11-7-6-10-26(27)32(29(33)35)18-22-8-4-3-5-9-22/h3-11,16-17,23-24H,12-15,18-19H2,1-2H3,(H,31,34)/t23-,24-. The van der Waals surface area contributed by atoms with E-state index in [1.54, 1.807) is 6.20 Å². The zero-order valence-corrected chi connectivity index (χ0v) is 20.4. The van der Waals surface area contributed by atoms with Crippen LogP contribution in [0.5, 0.6) is 0 Å². The third-order valence-corrected chi connectivity index (χ3v) is 7.20. The highest BCUT2D eigenvalue weighted by Crippen LogP contribution is 2.27. The van der Waals surface area contributed by atoms with Crippen LogP contribution in [0.25, 0.3) is 11.0 Å². The molecule has 0 saturated heterocycles. The molecule has 2 aromatic carbocycles. The molecule has 0 radical (unpaired) electrons. The highest BCUT2D eigenvalue weighted by atomic mass is 16.2. The van der Waals surface area contributed by atoms with Crippen LogP contribution in [0, 0.1) is 19.8 Å². The number of benzene rings is 2. The lowest BCUT2D eigenvalue weighted by molar-refractivity contribution is 0.0919.